The number of sulfonamides is 1. The van der Waals surface area contributed by atoms with Gasteiger partial charge in [-0.15, -0.1) is 0 Å². The number of carbonyl (C=O) groups excluding carboxylic acids is 1. The van der Waals surface area contributed by atoms with Crippen LogP contribution in [0.4, 0.5) is 10.7 Å². The molecule has 2 amide bonds. The Kier molecular flexibility index (Phi) is 4.89. The van der Waals surface area contributed by atoms with Gasteiger partial charge in [0.2, 0.25) is 23.5 Å². The van der Waals surface area contributed by atoms with Gasteiger partial charge in [0.1, 0.15) is 4.90 Å². The van der Waals surface area contributed by atoms with Gasteiger partial charge in [-0.2, -0.15) is 9.97 Å². The minimum atomic E-state index is -4.27. The Morgan fingerprint density at radius 1 is 1.11 bits per heavy atom. The Balaban J connectivity index is 1.81. The third-order valence-electron chi connectivity index (χ3n) is 3.49. The standard InChI is InChI=1S/C16H18N4O7S/c1-16(2)26-9-6-5-7-10(13(9)27-16)28(22,23)20-15(21)19-14-17-11(24-3)8-12(18-14)25-4/h5-8H,1-4H3,(H2,17,18,19,20,21). The summed E-state index contributed by atoms with van der Waals surface area (Å²) < 4.78 is 48.2. The number of aromatic nitrogens is 2. The van der Waals surface area contributed by atoms with Gasteiger partial charge in [-0.25, -0.2) is 17.9 Å². The molecule has 11 nitrogen and oxygen atoms in total. The van der Waals surface area contributed by atoms with E-state index < -0.39 is 21.8 Å². The summed E-state index contributed by atoms with van der Waals surface area (Å²) in [4.78, 5) is 19.7. The van der Waals surface area contributed by atoms with E-state index in [1.807, 2.05) is 4.72 Å². The van der Waals surface area contributed by atoms with E-state index in [2.05, 4.69) is 15.3 Å². The number of nitrogens with zero attached hydrogens (tertiary/aromatic N) is 2. The van der Waals surface area contributed by atoms with Crippen LogP contribution in [0.15, 0.2) is 29.2 Å². The average Bonchev–Trinajstić information content (AvgIpc) is 2.94. The first kappa shape index (κ1) is 19.5. The van der Waals surface area contributed by atoms with Gasteiger partial charge in [0.25, 0.3) is 10.0 Å². The zero-order valence-corrected chi connectivity index (χ0v) is 16.3. The number of methoxy groups -OCH3 is 2. The summed E-state index contributed by atoms with van der Waals surface area (Å²) in [7, 11) is -1.53. The predicted octanol–water partition coefficient (Wildman–Crippen LogP) is 1.51. The molecule has 0 bridgehead atoms. The molecule has 0 unspecified atom stereocenters. The molecule has 1 aromatic heterocycles. The van der Waals surface area contributed by atoms with Crippen molar-refractivity contribution < 1.29 is 32.2 Å². The number of rotatable bonds is 5. The van der Waals surface area contributed by atoms with Crippen molar-refractivity contribution >= 4 is 22.0 Å². The normalized spacial score (nSPS) is 14.3. The lowest BCUT2D eigenvalue weighted by Gasteiger charge is -2.16. The van der Waals surface area contributed by atoms with Crippen molar-refractivity contribution in [3.63, 3.8) is 0 Å². The van der Waals surface area contributed by atoms with Crippen molar-refractivity contribution in [2.75, 3.05) is 19.5 Å². The van der Waals surface area contributed by atoms with Gasteiger partial charge in [0.15, 0.2) is 11.5 Å². The Morgan fingerprint density at radius 2 is 1.75 bits per heavy atom. The van der Waals surface area contributed by atoms with E-state index in [-0.39, 0.29) is 34.1 Å². The first-order valence-electron chi connectivity index (χ1n) is 7.95. The SMILES string of the molecule is COc1cc(OC)nc(NC(=O)NS(=O)(=O)c2cccc3c2OC(C)(C)O3)n1. The molecule has 2 heterocycles. The fourth-order valence-electron chi connectivity index (χ4n) is 2.39. The topological polar surface area (TPSA) is 138 Å². The highest BCUT2D eigenvalue weighted by atomic mass is 32.2. The smallest absolute Gasteiger partial charge is 0.335 e. The molecule has 1 aliphatic heterocycles. The minimum absolute atomic E-state index is 0.0205. The second-order valence-electron chi connectivity index (χ2n) is 6.02. The highest BCUT2D eigenvalue weighted by Gasteiger charge is 2.37. The molecular formula is C16H18N4O7S. The number of carbonyl (C=O) groups is 1. The van der Waals surface area contributed by atoms with E-state index in [0.29, 0.717) is 0 Å². The number of benzene rings is 1. The molecule has 0 saturated carbocycles. The second-order valence-corrected chi connectivity index (χ2v) is 7.67. The van der Waals surface area contributed by atoms with Gasteiger partial charge in [-0.05, 0) is 12.1 Å². The summed E-state index contributed by atoms with van der Waals surface area (Å²) in [6.45, 7) is 3.27. The van der Waals surface area contributed by atoms with E-state index in [1.54, 1.807) is 19.9 Å². The summed E-state index contributed by atoms with van der Waals surface area (Å²) in [5, 5.41) is 2.22. The number of para-hydroxylation sites is 1. The van der Waals surface area contributed by atoms with E-state index in [1.165, 1.54) is 32.4 Å². The van der Waals surface area contributed by atoms with Gasteiger partial charge in [0.05, 0.1) is 20.3 Å². The average molecular weight is 410 g/mol. The Morgan fingerprint density at radius 3 is 2.36 bits per heavy atom. The zero-order chi connectivity index (χ0) is 20.5. The number of urea groups is 1. The van der Waals surface area contributed by atoms with Gasteiger partial charge >= 0.3 is 6.03 Å². The second kappa shape index (κ2) is 7.03. The van der Waals surface area contributed by atoms with Crippen molar-refractivity contribution in [1.82, 2.24) is 14.7 Å². The lowest BCUT2D eigenvalue weighted by atomic mass is 10.3. The number of ether oxygens (including phenoxy) is 4. The van der Waals surface area contributed by atoms with Crippen molar-refractivity contribution in [3.05, 3.63) is 24.3 Å². The molecule has 0 saturated heterocycles. The van der Waals surface area contributed by atoms with Crippen molar-refractivity contribution in [1.29, 1.82) is 0 Å². The maximum absolute atomic E-state index is 12.7. The number of fused-ring (bicyclic) bond motifs is 1. The van der Waals surface area contributed by atoms with Crippen LogP contribution in [0.25, 0.3) is 0 Å². The summed E-state index contributed by atoms with van der Waals surface area (Å²) in [6, 6.07) is 4.66. The van der Waals surface area contributed by atoms with Crippen molar-refractivity contribution in [2.45, 2.75) is 24.5 Å². The molecule has 3 rings (SSSR count). The number of amides is 2. The molecule has 1 aromatic carbocycles. The van der Waals surface area contributed by atoms with Gasteiger partial charge in [0, 0.05) is 13.8 Å². The molecule has 0 aliphatic carbocycles. The first-order valence-corrected chi connectivity index (χ1v) is 9.44. The number of nitrogens with one attached hydrogen (secondary N) is 2. The predicted molar refractivity (Wildman–Crippen MR) is 96.3 cm³/mol. The van der Waals surface area contributed by atoms with Crippen LogP contribution in [0.3, 0.4) is 0 Å². The van der Waals surface area contributed by atoms with Gasteiger partial charge < -0.3 is 18.9 Å². The summed E-state index contributed by atoms with van der Waals surface area (Å²) in [6.07, 6.45) is 0. The molecule has 150 valence electrons. The summed E-state index contributed by atoms with van der Waals surface area (Å²) in [5.41, 5.74) is 0. The van der Waals surface area contributed by atoms with E-state index in [4.69, 9.17) is 18.9 Å². The molecule has 28 heavy (non-hydrogen) atoms. The molecule has 2 aromatic rings. The van der Waals surface area contributed by atoms with Crippen LogP contribution in [-0.4, -0.2) is 44.4 Å². The van der Waals surface area contributed by atoms with Crippen LogP contribution in [0.5, 0.6) is 23.3 Å². The highest BCUT2D eigenvalue weighted by molar-refractivity contribution is 7.90. The van der Waals surface area contributed by atoms with Crippen LogP contribution < -0.4 is 29.0 Å². The van der Waals surface area contributed by atoms with Crippen LogP contribution in [-0.2, 0) is 10.0 Å². The Hall–Kier alpha value is -3.28. The molecule has 0 fully saturated rings. The monoisotopic (exact) mass is 410 g/mol. The molecule has 12 heteroatoms. The van der Waals surface area contributed by atoms with E-state index in [9.17, 15) is 13.2 Å². The fourth-order valence-corrected chi connectivity index (χ4v) is 3.44. The van der Waals surface area contributed by atoms with Crippen molar-refractivity contribution in [3.8, 4) is 23.3 Å². The van der Waals surface area contributed by atoms with Crippen LogP contribution in [0.2, 0.25) is 0 Å². The lowest BCUT2D eigenvalue weighted by molar-refractivity contribution is -0.0442. The lowest BCUT2D eigenvalue weighted by Crippen LogP contribution is -2.35. The zero-order valence-electron chi connectivity index (χ0n) is 15.5. The summed E-state index contributed by atoms with van der Waals surface area (Å²) in [5.74, 6) is -0.706. The first-order chi connectivity index (χ1) is 13.1. The number of hydrogen-bond donors (Lipinski definition) is 2. The van der Waals surface area contributed by atoms with Crippen LogP contribution >= 0.6 is 0 Å². The fraction of sp³-hybridized carbons (Fsp3) is 0.312. The number of anilines is 1. The quantitative estimate of drug-likeness (QED) is 0.751. The largest absolute Gasteiger partial charge is 0.481 e. The molecule has 0 atom stereocenters. The molecule has 0 spiro atoms. The number of hydrogen-bond acceptors (Lipinski definition) is 9. The molecular weight excluding hydrogens is 392 g/mol. The summed E-state index contributed by atoms with van der Waals surface area (Å²) >= 11 is 0. The third kappa shape index (κ3) is 4.01. The Bertz CT molecular complexity index is 1000. The van der Waals surface area contributed by atoms with Crippen LogP contribution in [0, 0.1) is 0 Å². The maximum Gasteiger partial charge on any atom is 0.335 e. The molecule has 2 N–H and O–H groups in total. The van der Waals surface area contributed by atoms with Crippen LogP contribution in [0.1, 0.15) is 13.8 Å². The Labute approximate surface area is 161 Å². The van der Waals surface area contributed by atoms with Gasteiger partial charge in [-0.3, -0.25) is 5.32 Å². The minimum Gasteiger partial charge on any atom is -0.481 e. The van der Waals surface area contributed by atoms with Gasteiger partial charge in [-0.1, -0.05) is 6.07 Å². The maximum atomic E-state index is 12.7. The van der Waals surface area contributed by atoms with E-state index in [0.717, 1.165) is 0 Å². The molecule has 0 radical (unpaired) electrons. The molecule has 1 aliphatic rings. The van der Waals surface area contributed by atoms with E-state index >= 15 is 0 Å². The highest BCUT2D eigenvalue weighted by Crippen LogP contribution is 2.43. The third-order valence-corrected chi connectivity index (χ3v) is 4.84. The van der Waals surface area contributed by atoms with Crippen molar-refractivity contribution in [2.24, 2.45) is 0 Å².